The van der Waals surface area contributed by atoms with Crippen LogP contribution in [0.3, 0.4) is 0 Å². The van der Waals surface area contributed by atoms with Crippen molar-refractivity contribution in [3.63, 3.8) is 0 Å². The highest BCUT2D eigenvalue weighted by atomic mass is 16.2. The maximum absolute atomic E-state index is 12.5. The molecule has 0 atom stereocenters. The molecule has 1 heterocycles. The first-order valence-corrected chi connectivity index (χ1v) is 9.32. The van der Waals surface area contributed by atoms with Gasteiger partial charge in [-0.25, -0.2) is 4.68 Å². The molecule has 6 heteroatoms. The van der Waals surface area contributed by atoms with Crippen molar-refractivity contribution in [2.75, 3.05) is 5.32 Å². The molecule has 0 aliphatic rings. The summed E-state index contributed by atoms with van der Waals surface area (Å²) in [5, 5.41) is 9.98. The van der Waals surface area contributed by atoms with E-state index >= 15 is 0 Å². The van der Waals surface area contributed by atoms with Gasteiger partial charge in [-0.2, -0.15) is 5.10 Å². The quantitative estimate of drug-likeness (QED) is 0.648. The molecule has 0 radical (unpaired) electrons. The Kier molecular flexibility index (Phi) is 5.93. The number of aromatic nitrogens is 2. The number of carbonyl (C=O) groups excluding carboxylic acids is 2. The minimum absolute atomic E-state index is 0.235. The van der Waals surface area contributed by atoms with Crippen molar-refractivity contribution >= 4 is 23.6 Å². The van der Waals surface area contributed by atoms with Crippen molar-refractivity contribution < 1.29 is 9.59 Å². The van der Waals surface area contributed by atoms with Crippen LogP contribution >= 0.6 is 0 Å². The van der Waals surface area contributed by atoms with Crippen LogP contribution < -0.4 is 10.6 Å². The van der Waals surface area contributed by atoms with E-state index in [1.807, 2.05) is 57.3 Å². The summed E-state index contributed by atoms with van der Waals surface area (Å²) in [5.74, 6) is -0.560. The van der Waals surface area contributed by atoms with E-state index in [2.05, 4.69) is 15.7 Å². The van der Waals surface area contributed by atoms with Crippen molar-refractivity contribution in [3.8, 4) is 5.69 Å². The average molecular weight is 388 g/mol. The standard InChI is InChI=1S/C23H24N4O2/c1-23(2,3)26-22(29)19-11-7-8-12-20(19)25-21(28)14-13-17-15-24-27(16-17)18-9-5-4-6-10-18/h4-16H,1-3H3,(H,25,28)(H,26,29). The lowest BCUT2D eigenvalue weighted by Gasteiger charge is -2.21. The number of nitrogens with zero attached hydrogens (tertiary/aromatic N) is 2. The fourth-order valence-electron chi connectivity index (χ4n) is 2.69. The molecule has 1 aromatic heterocycles. The Morgan fingerprint density at radius 3 is 2.41 bits per heavy atom. The highest BCUT2D eigenvalue weighted by Gasteiger charge is 2.18. The number of para-hydroxylation sites is 2. The first-order valence-electron chi connectivity index (χ1n) is 9.32. The Morgan fingerprint density at radius 2 is 1.69 bits per heavy atom. The molecule has 0 saturated heterocycles. The molecule has 0 aliphatic heterocycles. The van der Waals surface area contributed by atoms with Gasteiger partial charge >= 0.3 is 0 Å². The van der Waals surface area contributed by atoms with E-state index in [4.69, 9.17) is 0 Å². The van der Waals surface area contributed by atoms with Crippen LogP contribution in [-0.2, 0) is 4.79 Å². The first kappa shape index (κ1) is 20.1. The Bertz CT molecular complexity index is 1030. The van der Waals surface area contributed by atoms with E-state index in [9.17, 15) is 9.59 Å². The molecule has 29 heavy (non-hydrogen) atoms. The molecule has 148 valence electrons. The Balaban J connectivity index is 1.69. The van der Waals surface area contributed by atoms with Gasteiger partial charge in [-0.3, -0.25) is 9.59 Å². The summed E-state index contributed by atoms with van der Waals surface area (Å²) in [7, 11) is 0. The van der Waals surface area contributed by atoms with Gasteiger partial charge in [0.05, 0.1) is 23.1 Å². The van der Waals surface area contributed by atoms with E-state index in [0.29, 0.717) is 11.3 Å². The fraction of sp³-hybridized carbons (Fsp3) is 0.174. The zero-order chi connectivity index (χ0) is 20.9. The minimum Gasteiger partial charge on any atom is -0.347 e. The third-order valence-corrected chi connectivity index (χ3v) is 3.97. The topological polar surface area (TPSA) is 76.0 Å². The van der Waals surface area contributed by atoms with Gasteiger partial charge in [-0.15, -0.1) is 0 Å². The van der Waals surface area contributed by atoms with E-state index in [0.717, 1.165) is 11.3 Å². The van der Waals surface area contributed by atoms with Crippen LogP contribution in [0.25, 0.3) is 11.8 Å². The molecule has 0 aliphatic carbocycles. The number of amides is 2. The van der Waals surface area contributed by atoms with Gasteiger partial charge in [-0.05, 0) is 51.1 Å². The molecule has 0 saturated carbocycles. The largest absolute Gasteiger partial charge is 0.347 e. The molecule has 2 N–H and O–H groups in total. The van der Waals surface area contributed by atoms with Crippen molar-refractivity contribution in [3.05, 3.63) is 84.2 Å². The third kappa shape index (κ3) is 5.65. The highest BCUT2D eigenvalue weighted by molar-refractivity contribution is 6.07. The van der Waals surface area contributed by atoms with E-state index in [-0.39, 0.29) is 17.4 Å². The predicted molar refractivity (Wildman–Crippen MR) is 115 cm³/mol. The zero-order valence-corrected chi connectivity index (χ0v) is 16.7. The lowest BCUT2D eigenvalue weighted by molar-refractivity contribution is -0.111. The second-order valence-corrected chi connectivity index (χ2v) is 7.63. The van der Waals surface area contributed by atoms with Crippen LogP contribution in [-0.4, -0.2) is 27.1 Å². The van der Waals surface area contributed by atoms with E-state index in [1.165, 1.54) is 6.08 Å². The maximum atomic E-state index is 12.5. The number of hydrogen-bond acceptors (Lipinski definition) is 3. The SMILES string of the molecule is CC(C)(C)NC(=O)c1ccccc1NC(=O)C=Cc1cnn(-c2ccccc2)c1. The van der Waals surface area contributed by atoms with Crippen molar-refractivity contribution in [2.24, 2.45) is 0 Å². The van der Waals surface area contributed by atoms with Crippen LogP contribution in [0.5, 0.6) is 0 Å². The van der Waals surface area contributed by atoms with Crippen molar-refractivity contribution in [1.29, 1.82) is 0 Å². The average Bonchev–Trinajstić information content (AvgIpc) is 3.15. The van der Waals surface area contributed by atoms with Gasteiger partial charge in [0, 0.05) is 23.4 Å². The summed E-state index contributed by atoms with van der Waals surface area (Å²) in [4.78, 5) is 24.9. The summed E-state index contributed by atoms with van der Waals surface area (Å²) in [6.07, 6.45) is 6.62. The molecular weight excluding hydrogens is 364 g/mol. The molecule has 0 bridgehead atoms. The molecular formula is C23H24N4O2. The number of rotatable bonds is 5. The van der Waals surface area contributed by atoms with Gasteiger partial charge in [0.15, 0.2) is 0 Å². The molecule has 2 aromatic carbocycles. The second-order valence-electron chi connectivity index (χ2n) is 7.63. The maximum Gasteiger partial charge on any atom is 0.253 e. The van der Waals surface area contributed by atoms with Gasteiger partial charge in [0.25, 0.3) is 5.91 Å². The van der Waals surface area contributed by atoms with Gasteiger partial charge < -0.3 is 10.6 Å². The van der Waals surface area contributed by atoms with Gasteiger partial charge in [0.2, 0.25) is 5.91 Å². The monoisotopic (exact) mass is 388 g/mol. The number of hydrogen-bond donors (Lipinski definition) is 2. The molecule has 0 spiro atoms. The molecule has 6 nitrogen and oxygen atoms in total. The predicted octanol–water partition coefficient (Wildman–Crippen LogP) is 4.05. The summed E-state index contributed by atoms with van der Waals surface area (Å²) >= 11 is 0. The van der Waals surface area contributed by atoms with Gasteiger partial charge in [-0.1, -0.05) is 30.3 Å². The van der Waals surface area contributed by atoms with Crippen LogP contribution in [0, 0.1) is 0 Å². The second kappa shape index (κ2) is 8.56. The third-order valence-electron chi connectivity index (χ3n) is 3.97. The summed E-state index contributed by atoms with van der Waals surface area (Å²) in [5.41, 5.74) is 2.25. The molecule has 0 fully saturated rings. The summed E-state index contributed by atoms with van der Waals surface area (Å²) in [6, 6.07) is 16.6. The number of anilines is 1. The molecule has 3 aromatic rings. The van der Waals surface area contributed by atoms with Crippen LogP contribution in [0.4, 0.5) is 5.69 Å². The number of carbonyl (C=O) groups is 2. The Hall–Kier alpha value is -3.67. The summed E-state index contributed by atoms with van der Waals surface area (Å²) in [6.45, 7) is 5.72. The molecule has 2 amide bonds. The zero-order valence-electron chi connectivity index (χ0n) is 16.7. The lowest BCUT2D eigenvalue weighted by atomic mass is 10.1. The summed E-state index contributed by atoms with van der Waals surface area (Å²) < 4.78 is 1.74. The molecule has 3 rings (SSSR count). The van der Waals surface area contributed by atoms with Crippen molar-refractivity contribution in [2.45, 2.75) is 26.3 Å². The smallest absolute Gasteiger partial charge is 0.253 e. The number of nitrogens with one attached hydrogen (secondary N) is 2. The van der Waals surface area contributed by atoms with Crippen molar-refractivity contribution in [1.82, 2.24) is 15.1 Å². The van der Waals surface area contributed by atoms with Crippen LogP contribution in [0.2, 0.25) is 0 Å². The minimum atomic E-state index is -0.368. The highest BCUT2D eigenvalue weighted by Crippen LogP contribution is 2.16. The Morgan fingerprint density at radius 1 is 1.00 bits per heavy atom. The van der Waals surface area contributed by atoms with E-state index in [1.54, 1.807) is 41.2 Å². The normalized spacial score (nSPS) is 11.4. The van der Waals surface area contributed by atoms with Crippen LogP contribution in [0.1, 0.15) is 36.7 Å². The first-order chi connectivity index (χ1) is 13.8. The van der Waals surface area contributed by atoms with Crippen LogP contribution in [0.15, 0.2) is 73.1 Å². The number of benzene rings is 2. The fourth-order valence-corrected chi connectivity index (χ4v) is 2.69. The van der Waals surface area contributed by atoms with E-state index < -0.39 is 0 Å². The molecule has 0 unspecified atom stereocenters. The van der Waals surface area contributed by atoms with Gasteiger partial charge in [0.1, 0.15) is 0 Å². The lowest BCUT2D eigenvalue weighted by Crippen LogP contribution is -2.40. The Labute approximate surface area is 170 Å².